The molecule has 0 radical (unpaired) electrons. The molecule has 1 aromatic rings. The van der Waals surface area contributed by atoms with E-state index < -0.39 is 16.1 Å². The van der Waals surface area contributed by atoms with Gasteiger partial charge in [-0.05, 0) is 10.6 Å². The summed E-state index contributed by atoms with van der Waals surface area (Å²) in [6.07, 6.45) is 16.2. The van der Waals surface area contributed by atoms with Gasteiger partial charge in [0.05, 0.1) is 13.0 Å². The monoisotopic (exact) mass is 452 g/mol. The molecule has 0 aliphatic carbocycles. The highest BCUT2D eigenvalue weighted by molar-refractivity contribution is 7.30. The number of rotatable bonds is 17. The minimum Gasteiger partial charge on any atom is -0.299 e. The molecule has 0 aliphatic heterocycles. The lowest BCUT2D eigenvalue weighted by Gasteiger charge is -2.21. The molecule has 0 N–H and O–H groups in total. The van der Waals surface area contributed by atoms with Crippen LogP contribution >= 0.6 is 11.3 Å². The van der Waals surface area contributed by atoms with Gasteiger partial charge in [0.25, 0.3) is 0 Å². The van der Waals surface area contributed by atoms with Crippen molar-refractivity contribution in [2.45, 2.75) is 129 Å². The first-order valence-corrected chi connectivity index (χ1v) is 19.6. The third-order valence-corrected chi connectivity index (χ3v) is 15.7. The highest BCUT2D eigenvalue weighted by Gasteiger charge is 2.33. The van der Waals surface area contributed by atoms with Gasteiger partial charge >= 0.3 is 0 Å². The van der Waals surface area contributed by atoms with Gasteiger partial charge in [0.1, 0.15) is 13.5 Å². The molecular weight excluding hydrogens is 405 g/mol. The minimum atomic E-state index is -1.82. The van der Waals surface area contributed by atoms with Crippen LogP contribution in [-0.2, 0) is 0 Å². The first-order valence-electron chi connectivity index (χ1n) is 12.4. The number of thiophene rings is 1. The minimum absolute atomic E-state index is 0.506. The molecule has 0 saturated carbocycles. The van der Waals surface area contributed by atoms with Gasteiger partial charge in [0.15, 0.2) is 0 Å². The quantitative estimate of drug-likeness (QED) is 0.170. The van der Waals surface area contributed by atoms with Gasteiger partial charge < -0.3 is 0 Å². The molecule has 1 nitrogen and oxygen atoms in total. The lowest BCUT2D eigenvalue weighted by atomic mass is 10.1. The highest BCUT2D eigenvalue weighted by Crippen LogP contribution is 2.25. The van der Waals surface area contributed by atoms with E-state index in [1.165, 1.54) is 83.1 Å². The van der Waals surface area contributed by atoms with Crippen LogP contribution in [0.2, 0.25) is 38.3 Å². The second-order valence-electron chi connectivity index (χ2n) is 10.3. The van der Waals surface area contributed by atoms with Crippen LogP contribution < -0.4 is 4.50 Å². The van der Waals surface area contributed by atoms with Crippen LogP contribution in [0.1, 0.15) is 101 Å². The maximum absolute atomic E-state index is 13.2. The van der Waals surface area contributed by atoms with E-state index in [9.17, 15) is 4.79 Å². The Bertz CT molecular complexity index is 577. The smallest absolute Gasteiger partial charge is 0.149 e. The van der Waals surface area contributed by atoms with Crippen molar-refractivity contribution in [3.8, 4) is 0 Å². The van der Waals surface area contributed by atoms with E-state index in [1.807, 2.05) is 11.3 Å². The normalized spacial score (nSPS) is 12.5. The van der Waals surface area contributed by atoms with E-state index in [1.54, 1.807) is 4.50 Å². The Kier molecular flexibility index (Phi) is 12.9. The molecule has 0 fully saturated rings. The lowest BCUT2D eigenvalue weighted by Crippen LogP contribution is -2.39. The maximum Gasteiger partial charge on any atom is 0.149 e. The molecule has 0 saturated heterocycles. The summed E-state index contributed by atoms with van der Waals surface area (Å²) in [6, 6.07) is 6.99. The summed E-state index contributed by atoms with van der Waals surface area (Å²) in [5, 5.41) is 0.506. The SMILES string of the molecule is CCCCCCCC[Si](C)(C)C(=O)c1ccc([Si](C)(C)CCCCCCCC)s1. The Morgan fingerprint density at radius 3 is 1.76 bits per heavy atom. The Morgan fingerprint density at radius 1 is 0.724 bits per heavy atom. The summed E-state index contributed by atoms with van der Waals surface area (Å²) >= 11 is 1.84. The fourth-order valence-corrected chi connectivity index (χ4v) is 11.4. The molecule has 4 heteroatoms. The zero-order valence-electron chi connectivity index (χ0n) is 20.4. The van der Waals surface area contributed by atoms with Crippen LogP contribution in [-0.4, -0.2) is 21.6 Å². The summed E-state index contributed by atoms with van der Waals surface area (Å²) in [6.45, 7) is 14.1. The van der Waals surface area contributed by atoms with Crippen molar-refractivity contribution < 1.29 is 4.79 Å². The first-order chi connectivity index (χ1) is 13.7. The maximum atomic E-state index is 13.2. The van der Waals surface area contributed by atoms with Gasteiger partial charge in [-0.15, -0.1) is 11.3 Å². The number of carbonyl (C=O) groups excluding carboxylic acids is 1. The van der Waals surface area contributed by atoms with Crippen molar-refractivity contribution in [1.29, 1.82) is 0 Å². The standard InChI is InChI=1S/C25H48OSSi2/c1-7-9-11-13-15-17-21-28(3,4)24-20-19-23(27-24)25(26)29(5,6)22-18-16-14-12-10-8-2/h19-20H,7-18,21-22H2,1-6H3. The topological polar surface area (TPSA) is 17.1 Å². The predicted molar refractivity (Wildman–Crippen MR) is 140 cm³/mol. The molecule has 0 spiro atoms. The van der Waals surface area contributed by atoms with Crippen molar-refractivity contribution >= 4 is 37.4 Å². The molecule has 0 unspecified atom stereocenters. The third-order valence-electron chi connectivity index (χ3n) is 6.42. The van der Waals surface area contributed by atoms with Gasteiger partial charge in [-0.1, -0.05) is 135 Å². The molecule has 0 aromatic carbocycles. The van der Waals surface area contributed by atoms with Gasteiger partial charge in [0.2, 0.25) is 0 Å². The second kappa shape index (κ2) is 14.0. The van der Waals surface area contributed by atoms with Crippen molar-refractivity contribution in [3.05, 3.63) is 17.0 Å². The summed E-state index contributed by atoms with van der Waals surface area (Å²) < 4.78 is 1.54. The van der Waals surface area contributed by atoms with Gasteiger partial charge in [-0.2, -0.15) is 0 Å². The largest absolute Gasteiger partial charge is 0.299 e. The van der Waals surface area contributed by atoms with Crippen LogP contribution in [0.5, 0.6) is 0 Å². The van der Waals surface area contributed by atoms with E-state index >= 15 is 0 Å². The fourth-order valence-electron chi connectivity index (χ4n) is 4.09. The van der Waals surface area contributed by atoms with Crippen molar-refractivity contribution in [3.63, 3.8) is 0 Å². The van der Waals surface area contributed by atoms with Crippen molar-refractivity contribution in [2.75, 3.05) is 0 Å². The zero-order valence-corrected chi connectivity index (χ0v) is 23.2. The molecule has 0 aliphatic rings. The molecule has 1 heterocycles. The molecular formula is C25H48OSSi2. The van der Waals surface area contributed by atoms with Crippen molar-refractivity contribution in [2.24, 2.45) is 0 Å². The molecule has 0 amide bonds. The van der Waals surface area contributed by atoms with E-state index in [0.29, 0.717) is 5.41 Å². The van der Waals surface area contributed by atoms with Gasteiger partial charge in [-0.3, -0.25) is 4.79 Å². The van der Waals surface area contributed by atoms with E-state index in [4.69, 9.17) is 0 Å². The Balaban J connectivity index is 2.51. The van der Waals surface area contributed by atoms with Gasteiger partial charge in [0, 0.05) is 0 Å². The van der Waals surface area contributed by atoms with E-state index in [-0.39, 0.29) is 0 Å². The first kappa shape index (κ1) is 26.8. The number of unbranched alkanes of at least 4 members (excludes halogenated alkanes) is 10. The Hall–Kier alpha value is -0.196. The summed E-state index contributed by atoms with van der Waals surface area (Å²) in [5.41, 5.74) is 0. The van der Waals surface area contributed by atoms with Crippen LogP contribution in [0.4, 0.5) is 0 Å². The summed E-state index contributed by atoms with van der Waals surface area (Å²) in [4.78, 5) is 14.3. The van der Waals surface area contributed by atoms with E-state index in [2.05, 4.69) is 52.2 Å². The Labute approximate surface area is 188 Å². The zero-order chi connectivity index (χ0) is 21.8. The summed E-state index contributed by atoms with van der Waals surface area (Å²) in [5.74, 6) is 0. The molecule has 168 valence electrons. The number of hydrogen-bond donors (Lipinski definition) is 0. The lowest BCUT2D eigenvalue weighted by molar-refractivity contribution is 0.107. The number of carbonyl (C=O) groups is 1. The average molecular weight is 453 g/mol. The molecule has 0 bridgehead atoms. The van der Waals surface area contributed by atoms with Crippen molar-refractivity contribution in [1.82, 2.24) is 0 Å². The highest BCUT2D eigenvalue weighted by atomic mass is 32.1. The van der Waals surface area contributed by atoms with E-state index in [0.717, 1.165) is 10.9 Å². The van der Waals surface area contributed by atoms with Gasteiger partial charge in [-0.25, -0.2) is 0 Å². The average Bonchev–Trinajstić information content (AvgIpc) is 3.17. The van der Waals surface area contributed by atoms with Crippen LogP contribution in [0.15, 0.2) is 12.1 Å². The van der Waals surface area contributed by atoms with Crippen LogP contribution in [0, 0.1) is 0 Å². The molecule has 1 aromatic heterocycles. The molecule has 0 atom stereocenters. The molecule has 1 rings (SSSR count). The molecule has 29 heavy (non-hydrogen) atoms. The number of hydrogen-bond acceptors (Lipinski definition) is 2. The second-order valence-corrected chi connectivity index (χ2v) is 21.3. The van der Waals surface area contributed by atoms with Crippen LogP contribution in [0.25, 0.3) is 0 Å². The van der Waals surface area contributed by atoms with Crippen LogP contribution in [0.3, 0.4) is 0 Å². The summed E-state index contributed by atoms with van der Waals surface area (Å²) in [7, 11) is -3.21. The Morgan fingerprint density at radius 2 is 1.21 bits per heavy atom. The third kappa shape index (κ3) is 10.1. The fraction of sp³-hybridized carbons (Fsp3) is 0.800. The predicted octanol–water partition coefficient (Wildman–Crippen LogP) is 8.81.